The third-order valence-corrected chi connectivity index (χ3v) is 4.63. The van der Waals surface area contributed by atoms with E-state index < -0.39 is 0 Å². The predicted molar refractivity (Wildman–Crippen MR) is 82.9 cm³/mol. The van der Waals surface area contributed by atoms with Gasteiger partial charge in [0, 0.05) is 18.1 Å². The summed E-state index contributed by atoms with van der Waals surface area (Å²) in [6, 6.07) is 7.71. The fourth-order valence-electron chi connectivity index (χ4n) is 2.43. The summed E-state index contributed by atoms with van der Waals surface area (Å²) in [5.74, 6) is 0.196. The maximum Gasteiger partial charge on any atom is 0.236 e. The third kappa shape index (κ3) is 4.22. The van der Waals surface area contributed by atoms with Crippen LogP contribution in [0.1, 0.15) is 31.2 Å². The maximum atomic E-state index is 12.4. The first-order chi connectivity index (χ1) is 9.18. The quantitative estimate of drug-likeness (QED) is 0.758. The third-order valence-electron chi connectivity index (χ3n) is 3.54. The zero-order valence-electron chi connectivity index (χ0n) is 10.9. The number of amides is 1. The summed E-state index contributed by atoms with van der Waals surface area (Å²) in [5.41, 5.74) is 1.02. The molecule has 1 amide bonds. The van der Waals surface area contributed by atoms with Crippen LogP contribution in [0.25, 0.3) is 0 Å². The number of alkyl halides is 1. The Kier molecular flexibility index (Phi) is 5.71. The molecule has 0 aliphatic carbocycles. The van der Waals surface area contributed by atoms with Gasteiger partial charge < -0.3 is 4.90 Å². The van der Waals surface area contributed by atoms with Gasteiger partial charge in [-0.1, -0.05) is 58.6 Å². The Balaban J connectivity index is 1.97. The van der Waals surface area contributed by atoms with Gasteiger partial charge in [-0.3, -0.25) is 4.79 Å². The highest BCUT2D eigenvalue weighted by molar-refractivity contribution is 9.10. The molecule has 4 heteroatoms. The van der Waals surface area contributed by atoms with Crippen molar-refractivity contribution in [3.05, 3.63) is 34.9 Å². The molecule has 0 aromatic heterocycles. The topological polar surface area (TPSA) is 20.3 Å². The zero-order chi connectivity index (χ0) is 13.7. The normalized spacial score (nSPS) is 17.9. The lowest BCUT2D eigenvalue weighted by Crippen LogP contribution is -2.38. The van der Waals surface area contributed by atoms with Crippen molar-refractivity contribution < 1.29 is 4.79 Å². The number of carbonyl (C=O) groups is 1. The van der Waals surface area contributed by atoms with Crippen molar-refractivity contribution in [1.29, 1.82) is 0 Å². The molecule has 1 aliphatic heterocycles. The monoisotopic (exact) mass is 343 g/mol. The number of likely N-dealkylation sites (tertiary alicyclic amines) is 1. The minimum absolute atomic E-state index is 0.175. The van der Waals surface area contributed by atoms with Crippen LogP contribution in [-0.2, 0) is 11.2 Å². The highest BCUT2D eigenvalue weighted by Crippen LogP contribution is 2.21. The minimum atomic E-state index is -0.175. The van der Waals surface area contributed by atoms with E-state index >= 15 is 0 Å². The molecule has 1 heterocycles. The molecule has 1 fully saturated rings. The van der Waals surface area contributed by atoms with E-state index in [-0.39, 0.29) is 10.7 Å². The van der Waals surface area contributed by atoms with Gasteiger partial charge in [0.2, 0.25) is 5.91 Å². The highest BCUT2D eigenvalue weighted by atomic mass is 79.9. The molecule has 0 spiro atoms. The smallest absolute Gasteiger partial charge is 0.236 e. The van der Waals surface area contributed by atoms with Crippen molar-refractivity contribution >= 4 is 33.4 Å². The van der Waals surface area contributed by atoms with E-state index in [1.165, 1.54) is 12.8 Å². The van der Waals surface area contributed by atoms with Crippen LogP contribution >= 0.6 is 27.5 Å². The van der Waals surface area contributed by atoms with E-state index in [1.807, 2.05) is 29.2 Å². The molecule has 1 atom stereocenters. The summed E-state index contributed by atoms with van der Waals surface area (Å²) < 4.78 is 0. The average Bonchev–Trinajstić information content (AvgIpc) is 2.69. The Morgan fingerprint density at radius 3 is 2.47 bits per heavy atom. The van der Waals surface area contributed by atoms with Gasteiger partial charge in [0.1, 0.15) is 0 Å². The van der Waals surface area contributed by atoms with E-state index in [1.54, 1.807) is 0 Å². The number of benzene rings is 1. The second kappa shape index (κ2) is 7.30. The Morgan fingerprint density at radius 2 is 1.84 bits per heavy atom. The van der Waals surface area contributed by atoms with Gasteiger partial charge in [-0.25, -0.2) is 0 Å². The fourth-order valence-corrected chi connectivity index (χ4v) is 3.28. The molecule has 1 aromatic rings. The molecule has 0 bridgehead atoms. The van der Waals surface area contributed by atoms with Crippen molar-refractivity contribution in [3.63, 3.8) is 0 Å². The molecule has 1 saturated heterocycles. The summed E-state index contributed by atoms with van der Waals surface area (Å²) >= 11 is 9.66. The van der Waals surface area contributed by atoms with Crippen molar-refractivity contribution in [2.75, 3.05) is 13.1 Å². The molecule has 0 N–H and O–H groups in total. The highest BCUT2D eigenvalue weighted by Gasteiger charge is 2.23. The van der Waals surface area contributed by atoms with Crippen LogP contribution in [0.4, 0.5) is 0 Å². The summed E-state index contributed by atoms with van der Waals surface area (Å²) in [7, 11) is 0. The van der Waals surface area contributed by atoms with Gasteiger partial charge >= 0.3 is 0 Å². The summed E-state index contributed by atoms with van der Waals surface area (Å²) in [6.07, 6.45) is 5.37. The number of halogens is 2. The van der Waals surface area contributed by atoms with Gasteiger partial charge in [0.05, 0.1) is 4.83 Å². The molecule has 1 aliphatic rings. The molecule has 104 valence electrons. The predicted octanol–water partition coefficient (Wildman–Crippen LogP) is 4.05. The van der Waals surface area contributed by atoms with Crippen LogP contribution in [0.5, 0.6) is 0 Å². The molecule has 2 rings (SSSR count). The molecule has 2 nitrogen and oxygen atoms in total. The summed E-state index contributed by atoms with van der Waals surface area (Å²) in [5, 5.41) is 0.732. The van der Waals surface area contributed by atoms with Crippen LogP contribution < -0.4 is 0 Å². The first-order valence-corrected chi connectivity index (χ1v) is 8.14. The second-order valence-corrected chi connectivity index (χ2v) is 6.52. The average molecular weight is 345 g/mol. The number of hydrogen-bond acceptors (Lipinski definition) is 1. The van der Waals surface area contributed by atoms with Crippen LogP contribution in [0, 0.1) is 0 Å². The van der Waals surface area contributed by atoms with Gasteiger partial charge in [0.15, 0.2) is 0 Å². The largest absolute Gasteiger partial charge is 0.342 e. The number of carbonyl (C=O) groups excluding carboxylic acids is 1. The number of rotatable bonds is 3. The van der Waals surface area contributed by atoms with Gasteiger partial charge in [0.25, 0.3) is 0 Å². The number of hydrogen-bond donors (Lipinski definition) is 0. The lowest BCUT2D eigenvalue weighted by atomic mass is 10.1. The van der Waals surface area contributed by atoms with Crippen LogP contribution in [0.3, 0.4) is 0 Å². The lowest BCUT2D eigenvalue weighted by molar-refractivity contribution is -0.130. The first-order valence-electron chi connectivity index (χ1n) is 6.85. The molecule has 1 aromatic carbocycles. The molecular formula is C15H19BrClNO. The Bertz CT molecular complexity index is 430. The SMILES string of the molecule is O=C(C(Br)Cc1ccccc1Cl)N1CCCCCC1. The fraction of sp³-hybridized carbons (Fsp3) is 0.533. The Hall–Kier alpha value is -0.540. The van der Waals surface area contributed by atoms with Crippen LogP contribution in [0.15, 0.2) is 24.3 Å². The van der Waals surface area contributed by atoms with E-state index in [2.05, 4.69) is 15.9 Å². The van der Waals surface area contributed by atoms with Crippen LogP contribution in [-0.4, -0.2) is 28.7 Å². The minimum Gasteiger partial charge on any atom is -0.342 e. The van der Waals surface area contributed by atoms with Gasteiger partial charge in [-0.2, -0.15) is 0 Å². The summed E-state index contributed by atoms with van der Waals surface area (Å²) in [4.78, 5) is 14.2. The molecule has 0 radical (unpaired) electrons. The molecular weight excluding hydrogens is 326 g/mol. The van der Waals surface area contributed by atoms with Gasteiger partial charge in [-0.15, -0.1) is 0 Å². The maximum absolute atomic E-state index is 12.4. The van der Waals surface area contributed by atoms with E-state index in [4.69, 9.17) is 11.6 Å². The van der Waals surface area contributed by atoms with Crippen molar-refractivity contribution in [1.82, 2.24) is 4.90 Å². The van der Waals surface area contributed by atoms with E-state index in [9.17, 15) is 4.79 Å². The van der Waals surface area contributed by atoms with Crippen molar-refractivity contribution in [3.8, 4) is 0 Å². The number of nitrogens with zero attached hydrogens (tertiary/aromatic N) is 1. The second-order valence-electron chi connectivity index (χ2n) is 5.00. The van der Waals surface area contributed by atoms with Gasteiger partial charge in [-0.05, 0) is 30.9 Å². The van der Waals surface area contributed by atoms with Crippen molar-refractivity contribution in [2.45, 2.75) is 36.9 Å². The van der Waals surface area contributed by atoms with Crippen molar-refractivity contribution in [2.24, 2.45) is 0 Å². The first kappa shape index (κ1) is 14.9. The Labute approximate surface area is 128 Å². The zero-order valence-corrected chi connectivity index (χ0v) is 13.3. The lowest BCUT2D eigenvalue weighted by Gasteiger charge is -2.23. The summed E-state index contributed by atoms with van der Waals surface area (Å²) in [6.45, 7) is 1.78. The standard InChI is InChI=1S/C15H19BrClNO/c16-13(11-12-7-3-4-8-14(12)17)15(19)18-9-5-1-2-6-10-18/h3-4,7-8,13H,1-2,5-6,9-11H2. The Morgan fingerprint density at radius 1 is 1.21 bits per heavy atom. The molecule has 0 saturated carbocycles. The van der Waals surface area contributed by atoms with E-state index in [0.717, 1.165) is 36.5 Å². The molecule has 19 heavy (non-hydrogen) atoms. The van der Waals surface area contributed by atoms with E-state index in [0.29, 0.717) is 6.42 Å². The molecule has 1 unspecified atom stereocenters. The van der Waals surface area contributed by atoms with Crippen LogP contribution in [0.2, 0.25) is 5.02 Å².